The van der Waals surface area contributed by atoms with Crippen molar-refractivity contribution in [3.63, 3.8) is 0 Å². The topological polar surface area (TPSA) is 63.6 Å². The van der Waals surface area contributed by atoms with Crippen LogP contribution in [0, 0.1) is 6.92 Å². The maximum atomic E-state index is 12.0. The van der Waals surface area contributed by atoms with Crippen LogP contribution >= 0.6 is 0 Å². The summed E-state index contributed by atoms with van der Waals surface area (Å²) in [6, 6.07) is 5.39. The summed E-state index contributed by atoms with van der Waals surface area (Å²) in [4.78, 5) is 0. The highest BCUT2D eigenvalue weighted by Crippen LogP contribution is 2.23. The molecule has 1 atom stereocenters. The zero-order valence-corrected chi connectivity index (χ0v) is 13.6. The zero-order valence-electron chi connectivity index (χ0n) is 12.8. The smallest absolute Gasteiger partial charge is 0.158 e. The first-order chi connectivity index (χ1) is 9.04. The number of ether oxygens (including phenoxy) is 1. The van der Waals surface area contributed by atoms with Gasteiger partial charge in [0.25, 0.3) is 0 Å². The van der Waals surface area contributed by atoms with E-state index in [2.05, 4.69) is 0 Å². The molecule has 0 bridgehead atoms. The lowest BCUT2D eigenvalue weighted by molar-refractivity contribution is 0.199. The van der Waals surface area contributed by atoms with E-state index in [1.807, 2.05) is 13.0 Å². The Morgan fingerprint density at radius 2 is 1.90 bits per heavy atom. The Labute approximate surface area is 121 Å². The molecule has 0 fully saturated rings. The molecule has 4 nitrogen and oxygen atoms in total. The quantitative estimate of drug-likeness (QED) is 0.908. The van der Waals surface area contributed by atoms with Crippen molar-refractivity contribution < 1.29 is 18.3 Å². The highest BCUT2D eigenvalue weighted by Gasteiger charge is 2.28. The van der Waals surface area contributed by atoms with Gasteiger partial charge in [-0.2, -0.15) is 0 Å². The van der Waals surface area contributed by atoms with Crippen LogP contribution in [0.5, 0.6) is 5.75 Å². The summed E-state index contributed by atoms with van der Waals surface area (Å²) in [5.41, 5.74) is 1.70. The zero-order chi connectivity index (χ0) is 15.6. The molecule has 1 aromatic carbocycles. The Bertz CT molecular complexity index is 554. The molecule has 0 radical (unpaired) electrons. The lowest BCUT2D eigenvalue weighted by Crippen LogP contribution is -2.32. The van der Waals surface area contributed by atoms with Crippen LogP contribution in [0.2, 0.25) is 0 Å². The second-order valence-corrected chi connectivity index (χ2v) is 8.84. The van der Waals surface area contributed by atoms with Crippen LogP contribution in [-0.2, 0) is 9.84 Å². The summed E-state index contributed by atoms with van der Waals surface area (Å²) in [5, 5.41) is 9.49. The molecule has 5 heteroatoms. The number of aryl methyl sites for hydroxylation is 1. The maximum absolute atomic E-state index is 12.0. The number of aliphatic hydroxyl groups excluding tert-OH is 1. The van der Waals surface area contributed by atoms with Gasteiger partial charge in [-0.3, -0.25) is 0 Å². The molecule has 0 unspecified atom stereocenters. The molecule has 0 aromatic heterocycles. The summed E-state index contributed by atoms with van der Waals surface area (Å²) >= 11 is 0. The lowest BCUT2D eigenvalue weighted by atomic mass is 10.1. The minimum Gasteiger partial charge on any atom is -0.492 e. The highest BCUT2D eigenvalue weighted by atomic mass is 32.2. The molecule has 0 aliphatic carbocycles. The van der Waals surface area contributed by atoms with Crippen LogP contribution in [0.25, 0.3) is 0 Å². The van der Waals surface area contributed by atoms with Crippen molar-refractivity contribution in [2.24, 2.45) is 0 Å². The molecule has 0 spiro atoms. The highest BCUT2D eigenvalue weighted by molar-refractivity contribution is 7.92. The molecule has 0 heterocycles. The van der Waals surface area contributed by atoms with Gasteiger partial charge in [0, 0.05) is 0 Å². The number of hydrogen-bond acceptors (Lipinski definition) is 4. The van der Waals surface area contributed by atoms with E-state index in [4.69, 9.17) is 4.74 Å². The third kappa shape index (κ3) is 4.21. The largest absolute Gasteiger partial charge is 0.492 e. The maximum Gasteiger partial charge on any atom is 0.158 e. The standard InChI is InChI=1S/C15H24O4S/c1-11-10-13(12(2)16)6-7-14(11)19-8-9-20(17,18)15(3,4)5/h6-7,10,12,16H,8-9H2,1-5H3/t12-/m1/s1. The van der Waals surface area contributed by atoms with Gasteiger partial charge < -0.3 is 9.84 Å². The second-order valence-electron chi connectivity index (χ2n) is 5.98. The first kappa shape index (κ1) is 17.0. The molecule has 0 aliphatic rings. The van der Waals surface area contributed by atoms with Gasteiger partial charge in [-0.05, 0) is 57.9 Å². The molecule has 0 saturated heterocycles. The summed E-state index contributed by atoms with van der Waals surface area (Å²) in [7, 11) is -3.17. The van der Waals surface area contributed by atoms with Gasteiger partial charge in [0.2, 0.25) is 0 Å². The first-order valence-corrected chi connectivity index (χ1v) is 8.33. The van der Waals surface area contributed by atoms with Crippen LogP contribution in [0.4, 0.5) is 0 Å². The molecule has 114 valence electrons. The molecule has 0 amide bonds. The van der Waals surface area contributed by atoms with Crippen molar-refractivity contribution in [3.05, 3.63) is 29.3 Å². The lowest BCUT2D eigenvalue weighted by Gasteiger charge is -2.19. The van der Waals surface area contributed by atoms with E-state index in [1.54, 1.807) is 39.8 Å². The number of rotatable bonds is 5. The van der Waals surface area contributed by atoms with Crippen LogP contribution < -0.4 is 4.74 Å². The third-order valence-electron chi connectivity index (χ3n) is 3.22. The van der Waals surface area contributed by atoms with E-state index in [-0.39, 0.29) is 12.4 Å². The first-order valence-electron chi connectivity index (χ1n) is 6.68. The molecule has 0 saturated carbocycles. The summed E-state index contributed by atoms with van der Waals surface area (Å²) in [5.74, 6) is 0.646. The number of hydrogen-bond donors (Lipinski definition) is 1. The van der Waals surface area contributed by atoms with Gasteiger partial charge in [-0.25, -0.2) is 8.42 Å². The van der Waals surface area contributed by atoms with E-state index in [0.717, 1.165) is 11.1 Å². The molecule has 0 aliphatic heterocycles. The SMILES string of the molecule is Cc1cc([C@@H](C)O)ccc1OCCS(=O)(=O)C(C)(C)C. The van der Waals surface area contributed by atoms with Gasteiger partial charge >= 0.3 is 0 Å². The summed E-state index contributed by atoms with van der Waals surface area (Å²) < 4.78 is 28.7. The Kier molecular flexibility index (Phi) is 5.21. The number of aliphatic hydroxyl groups is 1. The van der Waals surface area contributed by atoms with Gasteiger partial charge in [0.1, 0.15) is 12.4 Å². The average molecular weight is 300 g/mol. The molecular formula is C15H24O4S. The second kappa shape index (κ2) is 6.14. The molecule has 1 N–H and O–H groups in total. The van der Waals surface area contributed by atoms with Crippen molar-refractivity contribution in [2.45, 2.75) is 45.5 Å². The van der Waals surface area contributed by atoms with Gasteiger partial charge in [0.15, 0.2) is 9.84 Å². The van der Waals surface area contributed by atoms with Gasteiger partial charge in [0.05, 0.1) is 16.6 Å². The van der Waals surface area contributed by atoms with E-state index < -0.39 is 20.7 Å². The fourth-order valence-corrected chi connectivity index (χ4v) is 2.58. The Balaban J connectivity index is 2.68. The Morgan fingerprint density at radius 1 is 1.30 bits per heavy atom. The molecule has 20 heavy (non-hydrogen) atoms. The Hall–Kier alpha value is -1.07. The molecule has 1 rings (SSSR count). The van der Waals surface area contributed by atoms with Crippen molar-refractivity contribution in [1.82, 2.24) is 0 Å². The fraction of sp³-hybridized carbons (Fsp3) is 0.600. The van der Waals surface area contributed by atoms with Crippen LogP contribution in [0.15, 0.2) is 18.2 Å². The van der Waals surface area contributed by atoms with Gasteiger partial charge in [-0.1, -0.05) is 6.07 Å². The van der Waals surface area contributed by atoms with E-state index >= 15 is 0 Å². The van der Waals surface area contributed by atoms with Gasteiger partial charge in [-0.15, -0.1) is 0 Å². The Morgan fingerprint density at radius 3 is 2.35 bits per heavy atom. The predicted molar refractivity (Wildman–Crippen MR) is 80.8 cm³/mol. The molecule has 1 aromatic rings. The minimum absolute atomic E-state index is 0.00586. The van der Waals surface area contributed by atoms with E-state index in [0.29, 0.717) is 5.75 Å². The van der Waals surface area contributed by atoms with Crippen molar-refractivity contribution >= 4 is 9.84 Å². The van der Waals surface area contributed by atoms with E-state index in [9.17, 15) is 13.5 Å². The van der Waals surface area contributed by atoms with Crippen LogP contribution in [-0.4, -0.2) is 30.6 Å². The summed E-state index contributed by atoms with van der Waals surface area (Å²) in [6.07, 6.45) is -0.524. The average Bonchev–Trinajstić information content (AvgIpc) is 2.29. The number of sulfone groups is 1. The van der Waals surface area contributed by atoms with Crippen molar-refractivity contribution in [3.8, 4) is 5.75 Å². The fourth-order valence-electron chi connectivity index (χ4n) is 1.66. The van der Waals surface area contributed by atoms with Crippen molar-refractivity contribution in [1.29, 1.82) is 0 Å². The monoisotopic (exact) mass is 300 g/mol. The predicted octanol–water partition coefficient (Wildman–Crippen LogP) is 2.64. The van der Waals surface area contributed by atoms with Crippen LogP contribution in [0.1, 0.15) is 44.9 Å². The number of benzene rings is 1. The molecular weight excluding hydrogens is 276 g/mol. The third-order valence-corrected chi connectivity index (χ3v) is 5.79. The summed E-state index contributed by atoms with van der Waals surface area (Å²) in [6.45, 7) is 8.76. The van der Waals surface area contributed by atoms with Crippen LogP contribution in [0.3, 0.4) is 0 Å². The minimum atomic E-state index is -3.17. The normalized spacial score (nSPS) is 14.1. The van der Waals surface area contributed by atoms with Crippen molar-refractivity contribution in [2.75, 3.05) is 12.4 Å². The van der Waals surface area contributed by atoms with E-state index in [1.165, 1.54) is 0 Å².